The van der Waals surface area contributed by atoms with Crippen molar-refractivity contribution in [2.75, 3.05) is 19.6 Å². The largest absolute Gasteiger partial charge is 0.490 e. The molecular weight excluding hydrogens is 438 g/mol. The highest BCUT2D eigenvalue weighted by atomic mass is 35.5. The molecule has 4 aromatic rings. The van der Waals surface area contributed by atoms with E-state index in [9.17, 15) is 4.79 Å². The number of pyridine rings is 2. The van der Waals surface area contributed by atoms with Crippen molar-refractivity contribution < 1.29 is 4.74 Å². The third kappa shape index (κ3) is 3.60. The predicted octanol–water partition coefficient (Wildman–Crippen LogP) is 3.87. The monoisotopic (exact) mass is 463 g/mol. The molecule has 0 radical (unpaired) electrons. The van der Waals surface area contributed by atoms with Gasteiger partial charge in [0.25, 0.3) is 5.56 Å². The number of fused-ring (bicyclic) bond motifs is 2. The molecule has 2 fully saturated rings. The number of rotatable bonds is 6. The minimum absolute atomic E-state index is 0.0953. The molecule has 1 aliphatic heterocycles. The van der Waals surface area contributed by atoms with Gasteiger partial charge in [-0.25, -0.2) is 0 Å². The van der Waals surface area contributed by atoms with Crippen molar-refractivity contribution in [3.05, 3.63) is 64.4 Å². The van der Waals surface area contributed by atoms with Gasteiger partial charge in [-0.1, -0.05) is 11.6 Å². The zero-order valence-electron chi connectivity index (χ0n) is 18.6. The molecule has 33 heavy (non-hydrogen) atoms. The normalized spacial score (nSPS) is 18.0. The van der Waals surface area contributed by atoms with Crippen LogP contribution in [0.15, 0.2) is 53.8 Å². The first kappa shape index (κ1) is 20.7. The van der Waals surface area contributed by atoms with E-state index in [2.05, 4.69) is 19.7 Å². The lowest BCUT2D eigenvalue weighted by atomic mass is 9.61. The van der Waals surface area contributed by atoms with Crippen LogP contribution in [-0.2, 0) is 13.6 Å². The van der Waals surface area contributed by atoms with E-state index in [1.54, 1.807) is 30.1 Å². The Balaban J connectivity index is 1.02. The van der Waals surface area contributed by atoms with Crippen molar-refractivity contribution in [2.45, 2.75) is 31.9 Å². The van der Waals surface area contributed by atoms with Crippen molar-refractivity contribution in [1.82, 2.24) is 24.2 Å². The molecule has 0 bridgehead atoms. The van der Waals surface area contributed by atoms with Gasteiger partial charge in [-0.3, -0.25) is 14.5 Å². The Kier molecular flexibility index (Phi) is 4.92. The Bertz CT molecular complexity index is 1400. The molecule has 1 saturated heterocycles. The first-order valence-corrected chi connectivity index (χ1v) is 11.8. The number of halogens is 1. The average molecular weight is 464 g/mol. The van der Waals surface area contributed by atoms with Gasteiger partial charge >= 0.3 is 0 Å². The molecule has 8 heteroatoms. The van der Waals surface area contributed by atoms with Crippen LogP contribution in [0, 0.1) is 5.41 Å². The van der Waals surface area contributed by atoms with Gasteiger partial charge in [0.2, 0.25) is 0 Å². The Labute approximate surface area is 196 Å². The first-order valence-electron chi connectivity index (χ1n) is 11.4. The highest BCUT2D eigenvalue weighted by Crippen LogP contribution is 2.50. The van der Waals surface area contributed by atoms with Gasteiger partial charge in [0.1, 0.15) is 5.75 Å². The zero-order valence-corrected chi connectivity index (χ0v) is 19.3. The number of benzene rings is 1. The highest BCUT2D eigenvalue weighted by Gasteiger charge is 2.53. The maximum absolute atomic E-state index is 12.5. The zero-order chi connectivity index (χ0) is 22.6. The lowest BCUT2D eigenvalue weighted by Gasteiger charge is -2.58. The van der Waals surface area contributed by atoms with Gasteiger partial charge < -0.3 is 14.2 Å². The molecule has 1 saturated carbocycles. The second kappa shape index (κ2) is 7.85. The van der Waals surface area contributed by atoms with Crippen LogP contribution in [0.4, 0.5) is 0 Å². The number of likely N-dealkylation sites (tertiary alicyclic amines) is 1. The van der Waals surface area contributed by atoms with Gasteiger partial charge in [0.05, 0.1) is 34.4 Å². The predicted molar refractivity (Wildman–Crippen MR) is 129 cm³/mol. The lowest BCUT2D eigenvalue weighted by Crippen LogP contribution is -2.64. The molecule has 0 amide bonds. The Morgan fingerprint density at radius 1 is 1.15 bits per heavy atom. The number of aryl methyl sites for hydroxylation is 2. The molecule has 1 aromatic carbocycles. The van der Waals surface area contributed by atoms with E-state index in [4.69, 9.17) is 16.3 Å². The van der Waals surface area contributed by atoms with Gasteiger partial charge in [0, 0.05) is 55.3 Å². The molecule has 4 heterocycles. The van der Waals surface area contributed by atoms with Crippen molar-refractivity contribution >= 4 is 33.3 Å². The fourth-order valence-corrected chi connectivity index (χ4v) is 5.76. The maximum Gasteiger partial charge on any atom is 0.259 e. The molecule has 0 atom stereocenters. The lowest BCUT2D eigenvalue weighted by molar-refractivity contribution is -0.118. The number of ether oxygens (including phenoxy) is 1. The van der Waals surface area contributed by atoms with Crippen LogP contribution in [0.1, 0.15) is 19.3 Å². The van der Waals surface area contributed by atoms with Crippen molar-refractivity contribution in [2.24, 2.45) is 12.5 Å². The molecule has 0 N–H and O–H groups in total. The molecule has 0 unspecified atom stereocenters. The minimum Gasteiger partial charge on any atom is -0.490 e. The van der Waals surface area contributed by atoms with Crippen molar-refractivity contribution in [1.29, 1.82) is 0 Å². The number of aromatic nitrogens is 4. The highest BCUT2D eigenvalue weighted by molar-refractivity contribution is 6.35. The standard InChI is InChI=1S/C25H26ClN5O2/c1-29-10-6-19-22(4-3-20(26)23(19)24(29)32)33-18-11-25(12-18)15-30(16-25)8-2-9-31-21-14-27-7-5-17(21)13-28-31/h3-7,10,13-14,18H,2,8-9,11-12,15-16H2,1H3. The average Bonchev–Trinajstić information content (AvgIpc) is 3.17. The van der Waals surface area contributed by atoms with Crippen molar-refractivity contribution in [3.63, 3.8) is 0 Å². The molecule has 6 rings (SSSR count). The van der Waals surface area contributed by atoms with Crippen LogP contribution >= 0.6 is 11.6 Å². The molecular formula is C25H26ClN5O2. The van der Waals surface area contributed by atoms with Crippen LogP contribution in [0.2, 0.25) is 5.02 Å². The van der Waals surface area contributed by atoms with E-state index in [0.29, 0.717) is 15.8 Å². The summed E-state index contributed by atoms with van der Waals surface area (Å²) in [6.45, 7) is 4.26. The van der Waals surface area contributed by atoms with Crippen molar-refractivity contribution in [3.8, 4) is 5.75 Å². The van der Waals surface area contributed by atoms with E-state index in [0.717, 1.165) is 67.5 Å². The second-order valence-electron chi connectivity index (χ2n) is 9.58. The van der Waals surface area contributed by atoms with E-state index < -0.39 is 0 Å². The van der Waals surface area contributed by atoms with Crippen LogP contribution in [0.25, 0.3) is 21.7 Å². The molecule has 1 aliphatic carbocycles. The number of hydrogen-bond acceptors (Lipinski definition) is 5. The minimum atomic E-state index is -0.0953. The third-order valence-electron chi connectivity index (χ3n) is 7.18. The van der Waals surface area contributed by atoms with E-state index in [1.165, 1.54) is 0 Å². The molecule has 2 aliphatic rings. The SMILES string of the molecule is Cn1ccc2c(OC3CC4(C3)CN(CCCn3ncc5ccncc53)C4)ccc(Cl)c2c1=O. The summed E-state index contributed by atoms with van der Waals surface area (Å²) in [4.78, 5) is 19.2. The fraction of sp³-hybridized carbons (Fsp3) is 0.400. The van der Waals surface area contributed by atoms with Crippen LogP contribution in [0.3, 0.4) is 0 Å². The summed E-state index contributed by atoms with van der Waals surface area (Å²) in [7, 11) is 1.73. The summed E-state index contributed by atoms with van der Waals surface area (Å²) in [5.74, 6) is 0.754. The maximum atomic E-state index is 12.5. The topological polar surface area (TPSA) is 65.2 Å². The van der Waals surface area contributed by atoms with E-state index >= 15 is 0 Å². The summed E-state index contributed by atoms with van der Waals surface area (Å²) < 4.78 is 9.91. The van der Waals surface area contributed by atoms with E-state index in [1.807, 2.05) is 30.6 Å². The summed E-state index contributed by atoms with van der Waals surface area (Å²) in [6, 6.07) is 7.56. The summed E-state index contributed by atoms with van der Waals surface area (Å²) in [5.41, 5.74) is 1.40. The van der Waals surface area contributed by atoms with Crippen LogP contribution in [-0.4, -0.2) is 50.0 Å². The summed E-state index contributed by atoms with van der Waals surface area (Å²) >= 11 is 6.30. The fourth-order valence-electron chi connectivity index (χ4n) is 5.52. The molecule has 3 aromatic heterocycles. The third-order valence-corrected chi connectivity index (χ3v) is 7.49. The molecule has 1 spiro atoms. The number of hydrogen-bond donors (Lipinski definition) is 0. The van der Waals surface area contributed by atoms with Crippen LogP contribution in [0.5, 0.6) is 5.75 Å². The molecule has 7 nitrogen and oxygen atoms in total. The van der Waals surface area contributed by atoms with Gasteiger partial charge in [-0.2, -0.15) is 5.10 Å². The Hall–Kier alpha value is -2.90. The number of nitrogens with zero attached hydrogens (tertiary/aromatic N) is 5. The van der Waals surface area contributed by atoms with Gasteiger partial charge in [-0.05, 0) is 50.1 Å². The first-order chi connectivity index (χ1) is 16.0. The molecule has 170 valence electrons. The summed E-state index contributed by atoms with van der Waals surface area (Å²) in [5, 5.41) is 7.43. The Morgan fingerprint density at radius 2 is 2.00 bits per heavy atom. The van der Waals surface area contributed by atoms with E-state index in [-0.39, 0.29) is 11.7 Å². The quantitative estimate of drug-likeness (QED) is 0.434. The Morgan fingerprint density at radius 3 is 2.85 bits per heavy atom. The second-order valence-corrected chi connectivity index (χ2v) is 9.99. The van der Waals surface area contributed by atoms with Gasteiger partial charge in [-0.15, -0.1) is 0 Å². The smallest absolute Gasteiger partial charge is 0.259 e. The van der Waals surface area contributed by atoms with Crippen LogP contribution < -0.4 is 10.3 Å². The summed E-state index contributed by atoms with van der Waals surface area (Å²) in [6.07, 6.45) is 10.8. The van der Waals surface area contributed by atoms with Gasteiger partial charge in [0.15, 0.2) is 0 Å².